The number of aldehydes is 1. The van der Waals surface area contributed by atoms with Crippen molar-refractivity contribution in [1.29, 1.82) is 0 Å². The number of para-hydroxylation sites is 1. The number of allylic oxidation sites excluding steroid dienone is 3. The molecule has 0 N–H and O–H groups in total. The molecule has 4 rings (SSSR count). The second-order valence-electron chi connectivity index (χ2n) is 7.14. The largest absolute Gasteiger partial charge is 0.486 e. The van der Waals surface area contributed by atoms with Gasteiger partial charge >= 0.3 is 0 Å². The molecule has 32 heavy (non-hydrogen) atoms. The van der Waals surface area contributed by atoms with Crippen LogP contribution in [-0.2, 0) is 6.61 Å². The van der Waals surface area contributed by atoms with Crippen molar-refractivity contribution in [3.63, 3.8) is 0 Å². The molecule has 0 radical (unpaired) electrons. The highest BCUT2D eigenvalue weighted by molar-refractivity contribution is 5.79. The van der Waals surface area contributed by atoms with Crippen molar-refractivity contribution in [2.24, 2.45) is 0 Å². The summed E-state index contributed by atoms with van der Waals surface area (Å²) in [6, 6.07) is 27.3. The summed E-state index contributed by atoms with van der Waals surface area (Å²) in [6.07, 6.45) is 10.8. The van der Waals surface area contributed by atoms with Crippen molar-refractivity contribution in [3.8, 4) is 5.75 Å². The van der Waals surface area contributed by atoms with Gasteiger partial charge in [-0.15, -0.1) is 5.10 Å². The standard InChI is InChI=1S/C27H23N3O2/c31-20-24-16-8-10-18-27(24)32-21-25-19-30(29-28-25)26(23-14-5-2-6-15-23)17-9-7-13-22-11-3-1-4-12-22/h1-20,26H,21H2/b13-7+,17-9+. The molecule has 0 amide bonds. The summed E-state index contributed by atoms with van der Waals surface area (Å²) in [5.74, 6) is 0.530. The molecule has 1 unspecified atom stereocenters. The first-order chi connectivity index (χ1) is 15.8. The maximum Gasteiger partial charge on any atom is 0.153 e. The smallest absolute Gasteiger partial charge is 0.153 e. The minimum Gasteiger partial charge on any atom is -0.486 e. The monoisotopic (exact) mass is 421 g/mol. The van der Waals surface area contributed by atoms with Gasteiger partial charge in [0.05, 0.1) is 17.8 Å². The highest BCUT2D eigenvalue weighted by Gasteiger charge is 2.13. The number of benzene rings is 3. The number of nitrogens with zero attached hydrogens (tertiary/aromatic N) is 3. The van der Waals surface area contributed by atoms with Gasteiger partial charge in [0.15, 0.2) is 6.29 Å². The van der Waals surface area contributed by atoms with Crippen LogP contribution in [0.1, 0.15) is 33.2 Å². The molecule has 0 aliphatic rings. The van der Waals surface area contributed by atoms with E-state index in [-0.39, 0.29) is 12.6 Å². The van der Waals surface area contributed by atoms with Crippen molar-refractivity contribution < 1.29 is 9.53 Å². The predicted octanol–water partition coefficient (Wildman–Crippen LogP) is 5.53. The van der Waals surface area contributed by atoms with E-state index in [1.165, 1.54) is 0 Å². The summed E-state index contributed by atoms with van der Waals surface area (Å²) in [5.41, 5.74) is 3.43. The number of rotatable bonds is 9. The molecule has 1 heterocycles. The predicted molar refractivity (Wildman–Crippen MR) is 125 cm³/mol. The molecular formula is C27H23N3O2. The van der Waals surface area contributed by atoms with Crippen LogP contribution in [0.5, 0.6) is 5.75 Å². The van der Waals surface area contributed by atoms with E-state index < -0.39 is 0 Å². The third-order valence-electron chi connectivity index (χ3n) is 4.90. The minimum absolute atomic E-state index is 0.111. The van der Waals surface area contributed by atoms with E-state index in [1.807, 2.05) is 65.5 Å². The van der Waals surface area contributed by atoms with E-state index in [0.29, 0.717) is 17.0 Å². The average molecular weight is 422 g/mol. The fourth-order valence-corrected chi connectivity index (χ4v) is 3.28. The van der Waals surface area contributed by atoms with Crippen molar-refractivity contribution in [3.05, 3.63) is 132 Å². The summed E-state index contributed by atoms with van der Waals surface area (Å²) in [6.45, 7) is 0.226. The molecule has 5 heteroatoms. The quantitative estimate of drug-likeness (QED) is 0.263. The molecule has 0 saturated carbocycles. The molecule has 158 valence electrons. The van der Waals surface area contributed by atoms with E-state index in [4.69, 9.17) is 4.74 Å². The first-order valence-electron chi connectivity index (χ1n) is 10.4. The molecule has 0 spiro atoms. The van der Waals surface area contributed by atoms with E-state index in [0.717, 1.165) is 17.4 Å². The zero-order valence-corrected chi connectivity index (χ0v) is 17.5. The normalized spacial score (nSPS) is 12.2. The van der Waals surface area contributed by atoms with Crippen LogP contribution in [0.4, 0.5) is 0 Å². The Morgan fingerprint density at radius 1 is 0.875 bits per heavy atom. The second-order valence-corrected chi connectivity index (χ2v) is 7.14. The van der Waals surface area contributed by atoms with E-state index in [9.17, 15) is 4.79 Å². The van der Waals surface area contributed by atoms with Crippen LogP contribution >= 0.6 is 0 Å². The van der Waals surface area contributed by atoms with Crippen LogP contribution in [0, 0.1) is 0 Å². The van der Waals surface area contributed by atoms with Gasteiger partial charge in [0, 0.05) is 0 Å². The maximum atomic E-state index is 11.2. The number of carbonyl (C=O) groups is 1. The van der Waals surface area contributed by atoms with Crippen molar-refractivity contribution in [2.75, 3.05) is 0 Å². The molecule has 1 atom stereocenters. The fraction of sp³-hybridized carbons (Fsp3) is 0.0741. The van der Waals surface area contributed by atoms with Gasteiger partial charge in [-0.3, -0.25) is 4.79 Å². The lowest BCUT2D eigenvalue weighted by molar-refractivity contribution is 0.111. The number of ether oxygens (including phenoxy) is 1. The van der Waals surface area contributed by atoms with Gasteiger partial charge in [0.1, 0.15) is 18.1 Å². The molecule has 1 aromatic heterocycles. The van der Waals surface area contributed by atoms with Crippen molar-refractivity contribution in [2.45, 2.75) is 12.6 Å². The maximum absolute atomic E-state index is 11.2. The first-order valence-corrected chi connectivity index (χ1v) is 10.4. The number of aromatic nitrogens is 3. The molecule has 5 nitrogen and oxygen atoms in total. The highest BCUT2D eigenvalue weighted by Crippen LogP contribution is 2.21. The molecule has 0 aliphatic carbocycles. The van der Waals surface area contributed by atoms with Gasteiger partial charge in [-0.1, -0.05) is 102 Å². The van der Waals surface area contributed by atoms with Gasteiger partial charge in [0.2, 0.25) is 0 Å². The van der Waals surface area contributed by atoms with Crippen LogP contribution in [0.15, 0.2) is 109 Å². The molecule has 0 saturated heterocycles. The van der Waals surface area contributed by atoms with Gasteiger partial charge in [0.25, 0.3) is 0 Å². The molecule has 0 fully saturated rings. The lowest BCUT2D eigenvalue weighted by Gasteiger charge is -2.13. The Bertz CT molecular complexity index is 1200. The Labute approximate surface area is 187 Å². The Morgan fingerprint density at radius 3 is 2.38 bits per heavy atom. The van der Waals surface area contributed by atoms with Crippen LogP contribution in [0.25, 0.3) is 6.08 Å². The molecule has 0 aliphatic heterocycles. The lowest BCUT2D eigenvalue weighted by atomic mass is 10.1. The van der Waals surface area contributed by atoms with Crippen LogP contribution in [0.2, 0.25) is 0 Å². The summed E-state index contributed by atoms with van der Waals surface area (Å²) < 4.78 is 7.60. The van der Waals surface area contributed by atoms with Gasteiger partial charge in [-0.25, -0.2) is 4.68 Å². The first kappa shape index (κ1) is 21.0. The Morgan fingerprint density at radius 2 is 1.59 bits per heavy atom. The van der Waals surface area contributed by atoms with Gasteiger partial charge in [-0.2, -0.15) is 0 Å². The lowest BCUT2D eigenvalue weighted by Crippen LogP contribution is -2.09. The zero-order chi connectivity index (χ0) is 22.0. The number of hydrogen-bond acceptors (Lipinski definition) is 4. The van der Waals surface area contributed by atoms with E-state index in [1.54, 1.807) is 18.2 Å². The van der Waals surface area contributed by atoms with Gasteiger partial charge < -0.3 is 4.74 Å². The number of carbonyl (C=O) groups excluding carboxylic acids is 1. The summed E-state index contributed by atoms with van der Waals surface area (Å²) in [5, 5.41) is 8.58. The van der Waals surface area contributed by atoms with Gasteiger partial charge in [-0.05, 0) is 23.3 Å². The summed E-state index contributed by atoms with van der Waals surface area (Å²) in [4.78, 5) is 11.2. The Balaban J connectivity index is 1.50. The topological polar surface area (TPSA) is 57.0 Å². The van der Waals surface area contributed by atoms with Crippen molar-refractivity contribution >= 4 is 12.4 Å². The SMILES string of the molecule is O=Cc1ccccc1OCc1cn(C(/C=C/C=C/c2ccccc2)c2ccccc2)nn1. The molecule has 3 aromatic carbocycles. The van der Waals surface area contributed by atoms with Crippen LogP contribution < -0.4 is 4.74 Å². The zero-order valence-electron chi connectivity index (χ0n) is 17.5. The number of hydrogen-bond donors (Lipinski definition) is 0. The third kappa shape index (κ3) is 5.46. The van der Waals surface area contributed by atoms with E-state index in [2.05, 4.69) is 46.7 Å². The second kappa shape index (κ2) is 10.7. The highest BCUT2D eigenvalue weighted by atomic mass is 16.5. The fourth-order valence-electron chi connectivity index (χ4n) is 3.28. The summed E-state index contributed by atoms with van der Waals surface area (Å²) >= 11 is 0. The molecule has 4 aromatic rings. The van der Waals surface area contributed by atoms with Crippen LogP contribution in [-0.4, -0.2) is 21.3 Å². The van der Waals surface area contributed by atoms with Crippen LogP contribution in [0.3, 0.4) is 0 Å². The Kier molecular flexibility index (Phi) is 7.01. The summed E-state index contributed by atoms with van der Waals surface area (Å²) in [7, 11) is 0. The Hall–Kier alpha value is -4.25. The minimum atomic E-state index is -0.111. The van der Waals surface area contributed by atoms with Crippen molar-refractivity contribution in [1.82, 2.24) is 15.0 Å². The average Bonchev–Trinajstić information content (AvgIpc) is 3.32. The molecule has 0 bridgehead atoms. The molecular weight excluding hydrogens is 398 g/mol. The van der Waals surface area contributed by atoms with E-state index >= 15 is 0 Å². The third-order valence-corrected chi connectivity index (χ3v) is 4.90.